The summed E-state index contributed by atoms with van der Waals surface area (Å²) in [5.41, 5.74) is 1.53. The van der Waals surface area contributed by atoms with Crippen molar-refractivity contribution in [1.29, 1.82) is 0 Å². The molecule has 0 fully saturated rings. The van der Waals surface area contributed by atoms with Crippen molar-refractivity contribution < 1.29 is 4.79 Å². The molecule has 6 heteroatoms. The predicted octanol–water partition coefficient (Wildman–Crippen LogP) is 1.63. The molecule has 2 N–H and O–H groups in total. The minimum Gasteiger partial charge on any atom is -0.350 e. The van der Waals surface area contributed by atoms with E-state index in [0.29, 0.717) is 5.11 Å². The van der Waals surface area contributed by atoms with Crippen LogP contribution in [0.3, 0.4) is 0 Å². The lowest BCUT2D eigenvalue weighted by atomic mass is 10.0. The number of carbonyl (C=O) groups excluding carboxylic acids is 1. The van der Waals surface area contributed by atoms with Crippen molar-refractivity contribution >= 4 is 34.6 Å². The molecule has 1 aromatic rings. The summed E-state index contributed by atoms with van der Waals surface area (Å²) >= 11 is 6.77. The van der Waals surface area contributed by atoms with Gasteiger partial charge in [-0.25, -0.2) is 0 Å². The molecular formula is C12H15N3OS2. The van der Waals surface area contributed by atoms with Gasteiger partial charge >= 0.3 is 0 Å². The minimum absolute atomic E-state index is 0.00611. The van der Waals surface area contributed by atoms with Crippen molar-refractivity contribution in [2.24, 2.45) is 0 Å². The largest absolute Gasteiger partial charge is 0.350 e. The molecule has 0 bridgehead atoms. The van der Waals surface area contributed by atoms with E-state index in [1.807, 2.05) is 24.4 Å². The quantitative estimate of drug-likeness (QED) is 0.809. The normalized spacial score (nSPS) is 19.3. The van der Waals surface area contributed by atoms with Crippen molar-refractivity contribution in [3.8, 4) is 0 Å². The molecule has 18 heavy (non-hydrogen) atoms. The number of hydrogen-bond acceptors (Lipinski definition) is 3. The molecule has 2 heterocycles. The summed E-state index contributed by atoms with van der Waals surface area (Å²) < 4.78 is 0. The van der Waals surface area contributed by atoms with Crippen LogP contribution in [0.4, 0.5) is 0 Å². The summed E-state index contributed by atoms with van der Waals surface area (Å²) in [6, 6.07) is 3.82. The molecule has 0 aliphatic carbocycles. The summed E-state index contributed by atoms with van der Waals surface area (Å²) in [6.45, 7) is 1.88. The highest BCUT2D eigenvalue weighted by atomic mass is 32.1. The van der Waals surface area contributed by atoms with Crippen molar-refractivity contribution in [3.05, 3.63) is 33.7 Å². The molecule has 1 aliphatic heterocycles. The molecule has 0 aromatic carbocycles. The minimum atomic E-state index is -0.159. The average molecular weight is 281 g/mol. The first-order valence-electron chi connectivity index (χ1n) is 5.54. The van der Waals surface area contributed by atoms with E-state index in [9.17, 15) is 4.79 Å². The molecule has 0 radical (unpaired) electrons. The van der Waals surface area contributed by atoms with Crippen LogP contribution < -0.4 is 10.6 Å². The van der Waals surface area contributed by atoms with E-state index in [1.165, 1.54) is 0 Å². The molecule has 0 saturated carbocycles. The second kappa shape index (κ2) is 5.07. The van der Waals surface area contributed by atoms with Gasteiger partial charge in [0.05, 0.1) is 11.6 Å². The van der Waals surface area contributed by atoms with Gasteiger partial charge in [-0.3, -0.25) is 4.79 Å². The lowest BCUT2D eigenvalue weighted by molar-refractivity contribution is -0.125. The van der Waals surface area contributed by atoms with Crippen LogP contribution in [-0.4, -0.2) is 30.0 Å². The van der Waals surface area contributed by atoms with Gasteiger partial charge in [0.2, 0.25) is 0 Å². The summed E-state index contributed by atoms with van der Waals surface area (Å²) in [5.74, 6) is -0.00611. The van der Waals surface area contributed by atoms with E-state index in [4.69, 9.17) is 12.2 Å². The molecular weight excluding hydrogens is 266 g/mol. The highest BCUT2D eigenvalue weighted by Crippen LogP contribution is 2.30. The van der Waals surface area contributed by atoms with Gasteiger partial charge in [0.1, 0.15) is 0 Å². The third-order valence-electron chi connectivity index (χ3n) is 2.73. The van der Waals surface area contributed by atoms with Crippen molar-refractivity contribution in [2.75, 3.05) is 14.1 Å². The number of carbonyl (C=O) groups is 1. The number of amides is 1. The van der Waals surface area contributed by atoms with Gasteiger partial charge in [-0.15, -0.1) is 11.3 Å². The Balaban J connectivity index is 2.45. The molecule has 4 nitrogen and oxygen atoms in total. The van der Waals surface area contributed by atoms with Gasteiger partial charge < -0.3 is 15.5 Å². The highest BCUT2D eigenvalue weighted by Gasteiger charge is 2.31. The lowest BCUT2D eigenvalue weighted by Crippen LogP contribution is -2.46. The van der Waals surface area contributed by atoms with Gasteiger partial charge in [0, 0.05) is 24.7 Å². The first-order chi connectivity index (χ1) is 8.50. The molecule has 1 amide bonds. The van der Waals surface area contributed by atoms with E-state index in [1.54, 1.807) is 30.3 Å². The van der Waals surface area contributed by atoms with E-state index in [0.717, 1.165) is 16.1 Å². The number of thiophene rings is 1. The third-order valence-corrected chi connectivity index (χ3v) is 3.89. The van der Waals surface area contributed by atoms with Crippen LogP contribution in [0.1, 0.15) is 17.8 Å². The summed E-state index contributed by atoms with van der Waals surface area (Å²) in [5, 5.41) is 8.73. The number of rotatable bonds is 2. The van der Waals surface area contributed by atoms with E-state index < -0.39 is 0 Å². The molecule has 1 aromatic heterocycles. The van der Waals surface area contributed by atoms with Gasteiger partial charge in [-0.1, -0.05) is 6.07 Å². The van der Waals surface area contributed by atoms with Crippen molar-refractivity contribution in [3.63, 3.8) is 0 Å². The smallest absolute Gasteiger partial charge is 0.253 e. The van der Waals surface area contributed by atoms with E-state index in [2.05, 4.69) is 10.6 Å². The number of nitrogens with one attached hydrogen (secondary N) is 2. The summed E-state index contributed by atoms with van der Waals surface area (Å²) in [4.78, 5) is 14.9. The molecule has 96 valence electrons. The number of allylic oxidation sites excluding steroid dienone is 1. The zero-order chi connectivity index (χ0) is 13.3. The Hall–Kier alpha value is -1.40. The van der Waals surface area contributed by atoms with Crippen molar-refractivity contribution in [1.82, 2.24) is 15.5 Å². The second-order valence-electron chi connectivity index (χ2n) is 4.29. The summed E-state index contributed by atoms with van der Waals surface area (Å²) in [7, 11) is 3.50. The monoisotopic (exact) mass is 281 g/mol. The standard InChI is InChI=1S/C12H15N3OS2/c1-7-9(11(16)15(2)3)10(14-12(17)13-7)8-5-4-6-18-8/h4-6,10H,1-3H3,(H2,13,14,17)/t10-/m0/s1. The van der Waals surface area contributed by atoms with Crippen LogP contribution >= 0.6 is 23.6 Å². The Labute approximate surface area is 116 Å². The molecule has 1 aliphatic rings. The van der Waals surface area contributed by atoms with Gasteiger partial charge in [0.25, 0.3) is 5.91 Å². The fraction of sp³-hybridized carbons (Fsp3) is 0.333. The van der Waals surface area contributed by atoms with Crippen LogP contribution in [0.2, 0.25) is 0 Å². The SMILES string of the molecule is CC1=C(C(=O)N(C)C)[C@H](c2cccs2)NC(=S)N1. The topological polar surface area (TPSA) is 44.4 Å². The highest BCUT2D eigenvalue weighted by molar-refractivity contribution is 7.80. The Morgan fingerprint density at radius 2 is 2.22 bits per heavy atom. The fourth-order valence-electron chi connectivity index (χ4n) is 1.89. The first-order valence-corrected chi connectivity index (χ1v) is 6.83. The van der Waals surface area contributed by atoms with Crippen LogP contribution in [0.25, 0.3) is 0 Å². The average Bonchev–Trinajstić information content (AvgIpc) is 2.80. The maximum Gasteiger partial charge on any atom is 0.253 e. The number of nitrogens with zero attached hydrogens (tertiary/aromatic N) is 1. The second-order valence-corrected chi connectivity index (χ2v) is 5.67. The van der Waals surface area contributed by atoms with E-state index >= 15 is 0 Å². The van der Waals surface area contributed by atoms with Crippen LogP contribution in [-0.2, 0) is 4.79 Å². The van der Waals surface area contributed by atoms with Gasteiger partial charge in [-0.05, 0) is 30.6 Å². The Kier molecular flexibility index (Phi) is 3.68. The number of likely N-dealkylation sites (N-methyl/N-ethyl adjacent to an activating group) is 1. The Bertz CT molecular complexity index is 505. The number of thiocarbonyl (C=S) groups is 1. The van der Waals surface area contributed by atoms with Crippen molar-refractivity contribution in [2.45, 2.75) is 13.0 Å². The Morgan fingerprint density at radius 1 is 1.50 bits per heavy atom. The third kappa shape index (κ3) is 2.39. The molecule has 0 unspecified atom stereocenters. The Morgan fingerprint density at radius 3 is 2.78 bits per heavy atom. The summed E-state index contributed by atoms with van der Waals surface area (Å²) in [6.07, 6.45) is 0. The maximum absolute atomic E-state index is 12.3. The van der Waals surface area contributed by atoms with E-state index in [-0.39, 0.29) is 11.9 Å². The zero-order valence-electron chi connectivity index (χ0n) is 10.5. The predicted molar refractivity (Wildman–Crippen MR) is 77.3 cm³/mol. The van der Waals surface area contributed by atoms with Crippen LogP contribution in [0, 0.1) is 0 Å². The first kappa shape index (κ1) is 13.0. The molecule has 0 saturated heterocycles. The molecule has 0 spiro atoms. The van der Waals surface area contributed by atoms with Gasteiger partial charge in [0.15, 0.2) is 5.11 Å². The maximum atomic E-state index is 12.3. The molecule has 2 rings (SSSR count). The molecule has 1 atom stereocenters. The lowest BCUT2D eigenvalue weighted by Gasteiger charge is -2.30. The van der Waals surface area contributed by atoms with Crippen LogP contribution in [0.5, 0.6) is 0 Å². The van der Waals surface area contributed by atoms with Gasteiger partial charge in [-0.2, -0.15) is 0 Å². The van der Waals surface area contributed by atoms with Crippen LogP contribution in [0.15, 0.2) is 28.8 Å². The fourth-order valence-corrected chi connectivity index (χ4v) is 2.94. The zero-order valence-corrected chi connectivity index (χ0v) is 12.1. The number of hydrogen-bond donors (Lipinski definition) is 2.